The van der Waals surface area contributed by atoms with E-state index in [0.717, 1.165) is 4.73 Å². The number of hydrogen-bond acceptors (Lipinski definition) is 2. The van der Waals surface area contributed by atoms with Crippen LogP contribution in [0.5, 0.6) is 0 Å². The molecule has 3 nitrogen and oxygen atoms in total. The molecule has 10 heavy (non-hydrogen) atoms. The van der Waals surface area contributed by atoms with Gasteiger partial charge in [-0.2, -0.15) is 0 Å². The molecule has 0 bridgehead atoms. The molecule has 0 radical (unpaired) electrons. The maximum Gasteiger partial charge on any atom is 0.311 e. The van der Waals surface area contributed by atoms with Crippen molar-refractivity contribution in [1.29, 1.82) is 0 Å². The highest BCUT2D eigenvalue weighted by molar-refractivity contribution is 6.30. The number of halogens is 2. The molecule has 0 fully saturated rings. The number of hydrogen-bond donors (Lipinski definition) is 2. The molecule has 0 aliphatic rings. The Hall–Kier alpha value is -0.480. The normalized spacial score (nSPS) is 8.50. The molecule has 0 saturated heterocycles. The Kier molecular flexibility index (Phi) is 3.46. The smallest absolute Gasteiger partial charge is 0.311 e. The quantitative estimate of drug-likeness (QED) is 0.377. The van der Waals surface area contributed by atoms with Gasteiger partial charge in [0.2, 0.25) is 0 Å². The van der Waals surface area contributed by atoms with E-state index in [9.17, 15) is 0 Å². The van der Waals surface area contributed by atoms with Crippen LogP contribution in [-0.4, -0.2) is 5.21 Å². The van der Waals surface area contributed by atoms with Gasteiger partial charge in [-0.25, -0.2) is 0 Å². The van der Waals surface area contributed by atoms with Crippen LogP contribution in [0.25, 0.3) is 0 Å². The molecule has 5 heteroatoms. The van der Waals surface area contributed by atoms with Gasteiger partial charge >= 0.3 is 5.82 Å². The van der Waals surface area contributed by atoms with Gasteiger partial charge < -0.3 is 22.2 Å². The minimum atomic E-state index is 0. The highest BCUT2D eigenvalue weighted by atomic mass is 79.9. The van der Waals surface area contributed by atoms with Crippen LogP contribution in [-0.2, 0) is 0 Å². The van der Waals surface area contributed by atoms with Gasteiger partial charge in [0.05, 0.1) is 5.02 Å². The first kappa shape index (κ1) is 9.52. The van der Waals surface area contributed by atoms with Crippen molar-refractivity contribution in [1.82, 2.24) is 0 Å². The summed E-state index contributed by atoms with van der Waals surface area (Å²) in [5, 5.41) is 9.26. The number of nitrogen functional groups attached to an aromatic ring is 1. The molecule has 0 aliphatic heterocycles. The van der Waals surface area contributed by atoms with E-state index >= 15 is 0 Å². The summed E-state index contributed by atoms with van der Waals surface area (Å²) in [4.78, 5) is 0. The molecule has 3 N–H and O–H groups in total. The van der Waals surface area contributed by atoms with E-state index in [1.807, 2.05) is 0 Å². The van der Waals surface area contributed by atoms with E-state index in [4.69, 9.17) is 22.5 Å². The molecule has 0 aliphatic carbocycles. The fourth-order valence-electron chi connectivity index (χ4n) is 0.476. The van der Waals surface area contributed by atoms with E-state index in [1.54, 1.807) is 6.07 Å². The molecular weight excluding hydrogens is 219 g/mol. The lowest BCUT2D eigenvalue weighted by Crippen LogP contribution is -3.00. The van der Waals surface area contributed by atoms with Crippen LogP contribution >= 0.6 is 11.6 Å². The summed E-state index contributed by atoms with van der Waals surface area (Å²) in [7, 11) is 0. The first-order valence-electron chi connectivity index (χ1n) is 2.36. The summed E-state index contributed by atoms with van der Waals surface area (Å²) in [6.45, 7) is 0. The molecule has 56 valence electrons. The van der Waals surface area contributed by atoms with Gasteiger partial charge in [0.1, 0.15) is 0 Å². The Balaban J connectivity index is 0.000000810. The van der Waals surface area contributed by atoms with Gasteiger partial charge in [-0.1, -0.05) is 16.3 Å². The Morgan fingerprint density at radius 3 is 2.50 bits per heavy atom. The number of aromatic nitrogens is 1. The molecule has 0 unspecified atom stereocenters. The highest BCUT2D eigenvalue weighted by Gasteiger charge is 1.99. The summed E-state index contributed by atoms with van der Waals surface area (Å²) in [6, 6.07) is 3.12. The maximum absolute atomic E-state index is 8.81. The number of anilines is 1. The van der Waals surface area contributed by atoms with Crippen molar-refractivity contribution in [3.63, 3.8) is 0 Å². The Morgan fingerprint density at radius 1 is 1.50 bits per heavy atom. The van der Waals surface area contributed by atoms with Crippen molar-refractivity contribution in [2.75, 3.05) is 5.73 Å². The third-order valence-corrected chi connectivity index (χ3v) is 1.15. The van der Waals surface area contributed by atoms with Crippen molar-refractivity contribution in [3.8, 4) is 0 Å². The van der Waals surface area contributed by atoms with Crippen LogP contribution in [0.2, 0.25) is 5.02 Å². The zero-order valence-corrected chi connectivity index (χ0v) is 7.30. The molecule has 0 atom stereocenters. The van der Waals surface area contributed by atoms with E-state index in [1.165, 1.54) is 12.3 Å². The summed E-state index contributed by atoms with van der Waals surface area (Å²) in [6.07, 6.45) is 1.32. The predicted molar refractivity (Wildman–Crippen MR) is 33.2 cm³/mol. The fraction of sp³-hybridized carbons (Fsp3) is 0. The second kappa shape index (κ2) is 3.63. The summed E-state index contributed by atoms with van der Waals surface area (Å²) < 4.78 is 0.766. The molecule has 0 amide bonds. The van der Waals surface area contributed by atoms with Crippen LogP contribution in [0.4, 0.5) is 5.82 Å². The van der Waals surface area contributed by atoms with E-state index < -0.39 is 0 Å². The monoisotopic (exact) mass is 224 g/mol. The van der Waals surface area contributed by atoms with Gasteiger partial charge in [-0.3, -0.25) is 5.73 Å². The third kappa shape index (κ3) is 2.04. The lowest BCUT2D eigenvalue weighted by atomic mass is 10.5. The average Bonchev–Trinajstić information content (AvgIpc) is 1.80. The fourth-order valence-corrected chi connectivity index (χ4v) is 0.631. The molecule has 0 saturated carbocycles. The Bertz CT molecular complexity index is 231. The van der Waals surface area contributed by atoms with Gasteiger partial charge in [-0.05, 0) is 6.07 Å². The molecule has 1 aromatic heterocycles. The molecule has 1 heterocycles. The van der Waals surface area contributed by atoms with Crippen LogP contribution < -0.4 is 27.4 Å². The third-order valence-electron chi connectivity index (χ3n) is 0.923. The van der Waals surface area contributed by atoms with E-state index in [2.05, 4.69) is 0 Å². The second-order valence-corrected chi connectivity index (χ2v) is 2.05. The molecule has 0 spiro atoms. The largest absolute Gasteiger partial charge is 1.00 e. The van der Waals surface area contributed by atoms with E-state index in [0.29, 0.717) is 5.02 Å². The lowest BCUT2D eigenvalue weighted by molar-refractivity contribution is -0.893. The van der Waals surface area contributed by atoms with E-state index in [-0.39, 0.29) is 22.8 Å². The molecule has 0 aromatic carbocycles. The van der Waals surface area contributed by atoms with Crippen LogP contribution in [0.1, 0.15) is 0 Å². The topological polar surface area (TPSA) is 50.1 Å². The Labute approximate surface area is 73.8 Å². The van der Waals surface area contributed by atoms with Crippen molar-refractivity contribution >= 4 is 17.4 Å². The summed E-state index contributed by atoms with van der Waals surface area (Å²) in [5.41, 5.74) is 5.24. The van der Waals surface area contributed by atoms with Crippen LogP contribution in [0.15, 0.2) is 18.3 Å². The number of nitrogens with two attached hydrogens (primary N) is 1. The standard InChI is InChI=1S/C5H5ClN2O.BrH/c6-4-1-2-5(7)8(9)3-4;/h1-3,7,9H;1H. The highest BCUT2D eigenvalue weighted by Crippen LogP contribution is 2.03. The zero-order valence-electron chi connectivity index (χ0n) is 4.96. The van der Waals surface area contributed by atoms with Gasteiger partial charge in [-0.15, -0.1) is 0 Å². The molecular formula is C5H6BrClN2O. The minimum Gasteiger partial charge on any atom is -1.00 e. The van der Waals surface area contributed by atoms with Crippen LogP contribution in [0, 0.1) is 0 Å². The van der Waals surface area contributed by atoms with Gasteiger partial charge in [0.25, 0.3) is 0 Å². The SMILES string of the molecule is Nc1ccc(Cl)c[n+]1O.[Br-]. The number of pyridine rings is 1. The zero-order chi connectivity index (χ0) is 6.85. The van der Waals surface area contributed by atoms with Crippen molar-refractivity contribution in [3.05, 3.63) is 23.4 Å². The first-order valence-corrected chi connectivity index (χ1v) is 2.74. The molecule has 1 rings (SSSR count). The van der Waals surface area contributed by atoms with Crippen molar-refractivity contribution in [2.24, 2.45) is 0 Å². The Morgan fingerprint density at radius 2 is 2.10 bits per heavy atom. The first-order chi connectivity index (χ1) is 4.20. The molecule has 1 aromatic rings. The average molecular weight is 225 g/mol. The van der Waals surface area contributed by atoms with Crippen LogP contribution in [0.3, 0.4) is 0 Å². The second-order valence-electron chi connectivity index (χ2n) is 1.62. The predicted octanol–water partition coefficient (Wildman–Crippen LogP) is -2.55. The maximum atomic E-state index is 8.81. The summed E-state index contributed by atoms with van der Waals surface area (Å²) in [5.74, 6) is 0.263. The minimum absolute atomic E-state index is 0. The van der Waals surface area contributed by atoms with Crippen molar-refractivity contribution < 1.29 is 26.9 Å². The lowest BCUT2D eigenvalue weighted by Gasteiger charge is -1.90. The van der Waals surface area contributed by atoms with Crippen molar-refractivity contribution in [2.45, 2.75) is 0 Å². The number of rotatable bonds is 0. The summed E-state index contributed by atoms with van der Waals surface area (Å²) >= 11 is 5.48. The number of nitrogens with zero attached hydrogens (tertiary/aromatic N) is 1. The van der Waals surface area contributed by atoms with Gasteiger partial charge in [0.15, 0.2) is 6.20 Å². The van der Waals surface area contributed by atoms with Gasteiger partial charge in [0, 0.05) is 6.07 Å².